The van der Waals surface area contributed by atoms with Crippen molar-refractivity contribution in [2.45, 2.75) is 50.9 Å². The molecular weight excluding hydrogens is 452 g/mol. The van der Waals surface area contributed by atoms with E-state index in [0.29, 0.717) is 24.6 Å². The van der Waals surface area contributed by atoms with Crippen molar-refractivity contribution in [2.24, 2.45) is 0 Å². The summed E-state index contributed by atoms with van der Waals surface area (Å²) < 4.78 is 5.15. The highest BCUT2D eigenvalue weighted by molar-refractivity contribution is 6.06. The number of rotatable bonds is 6. The van der Waals surface area contributed by atoms with Crippen LogP contribution in [-0.4, -0.2) is 71.5 Å². The first kappa shape index (κ1) is 24.4. The minimum Gasteiger partial charge on any atom is -0.468 e. The predicted molar refractivity (Wildman–Crippen MR) is 140 cm³/mol. The highest BCUT2D eigenvalue weighted by Gasteiger charge is 2.42. The van der Waals surface area contributed by atoms with Gasteiger partial charge in [0, 0.05) is 36.3 Å². The Hall–Kier alpha value is -3.29. The van der Waals surface area contributed by atoms with E-state index in [0.717, 1.165) is 49.1 Å². The summed E-state index contributed by atoms with van der Waals surface area (Å²) >= 11 is 0. The third kappa shape index (κ3) is 5.27. The number of ether oxygens (including phenoxy) is 1. The minimum absolute atomic E-state index is 0.115. The Kier molecular flexibility index (Phi) is 7.30. The highest BCUT2D eigenvalue weighted by Crippen LogP contribution is 2.28. The number of hydrogen-bond acceptors (Lipinski definition) is 6. The van der Waals surface area contributed by atoms with Gasteiger partial charge in [-0.15, -0.1) is 0 Å². The van der Waals surface area contributed by atoms with Gasteiger partial charge in [0.2, 0.25) is 0 Å². The van der Waals surface area contributed by atoms with Crippen LogP contribution in [0.25, 0.3) is 10.9 Å². The Bertz CT molecular complexity index is 1220. The molecule has 188 valence electrons. The number of carbonyl (C=O) groups is 2. The molecule has 1 aromatic heterocycles. The first-order valence-electron chi connectivity index (χ1n) is 12.8. The fourth-order valence-corrected chi connectivity index (χ4v) is 5.75. The number of fused-ring (bicyclic) bond motifs is 1. The monoisotopic (exact) mass is 486 g/mol. The second-order valence-corrected chi connectivity index (χ2v) is 9.96. The van der Waals surface area contributed by atoms with E-state index in [4.69, 9.17) is 4.74 Å². The van der Waals surface area contributed by atoms with E-state index in [1.807, 2.05) is 43.3 Å². The number of nitrogens with one attached hydrogen (secondary N) is 1. The molecule has 3 aromatic rings. The fraction of sp³-hybridized carbons (Fsp3) is 0.414. The average Bonchev–Trinajstić information content (AvgIpc) is 3.32. The minimum atomic E-state index is -0.332. The molecule has 1 amide bonds. The van der Waals surface area contributed by atoms with Crippen LogP contribution >= 0.6 is 0 Å². The highest BCUT2D eigenvalue weighted by atomic mass is 16.5. The van der Waals surface area contributed by atoms with Crippen LogP contribution in [-0.2, 0) is 16.1 Å². The van der Waals surface area contributed by atoms with Gasteiger partial charge < -0.3 is 10.1 Å². The Morgan fingerprint density at radius 1 is 1.06 bits per heavy atom. The Balaban J connectivity index is 1.25. The lowest BCUT2D eigenvalue weighted by molar-refractivity contribution is -0.147. The predicted octanol–water partition coefficient (Wildman–Crippen LogP) is 3.55. The first-order valence-corrected chi connectivity index (χ1v) is 12.8. The van der Waals surface area contributed by atoms with Gasteiger partial charge >= 0.3 is 5.97 Å². The van der Waals surface area contributed by atoms with Crippen molar-refractivity contribution < 1.29 is 14.3 Å². The Labute approximate surface area is 212 Å². The van der Waals surface area contributed by atoms with Gasteiger partial charge in [-0.3, -0.25) is 24.4 Å². The van der Waals surface area contributed by atoms with Crippen LogP contribution in [0.5, 0.6) is 0 Å². The topological polar surface area (TPSA) is 74.8 Å². The quantitative estimate of drug-likeness (QED) is 0.537. The van der Waals surface area contributed by atoms with Gasteiger partial charge in [0.05, 0.1) is 18.2 Å². The number of benzene rings is 2. The molecule has 36 heavy (non-hydrogen) atoms. The van der Waals surface area contributed by atoms with E-state index >= 15 is 0 Å². The van der Waals surface area contributed by atoms with E-state index in [-0.39, 0.29) is 24.0 Å². The summed E-state index contributed by atoms with van der Waals surface area (Å²) in [7, 11) is 1.45. The Morgan fingerprint density at radius 3 is 2.53 bits per heavy atom. The number of nitrogens with zero attached hydrogens (tertiary/aromatic N) is 3. The zero-order valence-corrected chi connectivity index (χ0v) is 21.0. The molecule has 2 saturated heterocycles. The molecule has 0 unspecified atom stereocenters. The van der Waals surface area contributed by atoms with Gasteiger partial charge in [-0.05, 0) is 57.0 Å². The molecule has 2 fully saturated rings. The van der Waals surface area contributed by atoms with E-state index in [1.165, 1.54) is 12.7 Å². The normalized spacial score (nSPS) is 21.5. The molecule has 2 aliphatic rings. The molecule has 0 bridgehead atoms. The molecular formula is C29H34N4O3. The molecule has 2 atom stereocenters. The van der Waals surface area contributed by atoms with Crippen molar-refractivity contribution in [3.05, 3.63) is 77.5 Å². The summed E-state index contributed by atoms with van der Waals surface area (Å²) in [6.07, 6.45) is 2.55. The summed E-state index contributed by atoms with van der Waals surface area (Å²) in [6.45, 7) is 5.48. The summed E-state index contributed by atoms with van der Waals surface area (Å²) in [4.78, 5) is 35.3. The molecule has 1 N–H and O–H groups in total. The zero-order valence-electron chi connectivity index (χ0n) is 21.0. The van der Waals surface area contributed by atoms with Crippen LogP contribution in [0, 0.1) is 6.92 Å². The standard InChI is InChI=1S/C29H34N4O3/c1-20-16-25(24-10-6-7-11-26(24)30-20)28(34)31-22-17-27(29(35)36-2)33(19-22)23-12-14-32(15-13-23)18-21-8-4-3-5-9-21/h3-11,16,22-23,27H,12-15,17-19H2,1-2H3,(H,31,34)/t22-,27-/m0/s1. The number of piperidine rings is 1. The summed E-state index contributed by atoms with van der Waals surface area (Å²) in [6, 6.07) is 19.9. The maximum atomic E-state index is 13.3. The number of hydrogen-bond donors (Lipinski definition) is 1. The van der Waals surface area contributed by atoms with Crippen LogP contribution in [0.2, 0.25) is 0 Å². The van der Waals surface area contributed by atoms with Crippen molar-refractivity contribution in [3.63, 3.8) is 0 Å². The zero-order chi connectivity index (χ0) is 25.1. The van der Waals surface area contributed by atoms with Gasteiger partial charge in [0.25, 0.3) is 5.91 Å². The summed E-state index contributed by atoms with van der Waals surface area (Å²) in [5.74, 6) is -0.339. The lowest BCUT2D eigenvalue weighted by atomic mass is 10.0. The lowest BCUT2D eigenvalue weighted by Crippen LogP contribution is -2.49. The number of amides is 1. The molecule has 0 saturated carbocycles. The molecule has 7 heteroatoms. The number of aromatic nitrogens is 1. The van der Waals surface area contributed by atoms with Crippen molar-refractivity contribution >= 4 is 22.8 Å². The molecule has 3 heterocycles. The Morgan fingerprint density at radius 2 is 1.78 bits per heavy atom. The van der Waals surface area contributed by atoms with E-state index in [2.05, 4.69) is 44.4 Å². The van der Waals surface area contributed by atoms with Gasteiger partial charge in [-0.2, -0.15) is 0 Å². The number of carbonyl (C=O) groups excluding carboxylic acids is 2. The van der Waals surface area contributed by atoms with Crippen molar-refractivity contribution in [2.75, 3.05) is 26.7 Å². The van der Waals surface area contributed by atoms with Crippen LogP contribution < -0.4 is 5.32 Å². The average molecular weight is 487 g/mol. The van der Waals surface area contributed by atoms with Crippen molar-refractivity contribution in [1.82, 2.24) is 20.1 Å². The van der Waals surface area contributed by atoms with E-state index in [9.17, 15) is 9.59 Å². The number of pyridine rings is 1. The number of likely N-dealkylation sites (tertiary alicyclic amines) is 2. The molecule has 5 rings (SSSR count). The van der Waals surface area contributed by atoms with Gasteiger partial charge in [-0.25, -0.2) is 0 Å². The summed E-state index contributed by atoms with van der Waals surface area (Å²) in [5, 5.41) is 4.05. The SMILES string of the molecule is COC(=O)[C@@H]1C[C@H](NC(=O)c2cc(C)nc3ccccc23)CN1C1CCN(Cc2ccccc2)CC1. The van der Waals surface area contributed by atoms with Gasteiger partial charge in [-0.1, -0.05) is 48.5 Å². The second kappa shape index (κ2) is 10.8. The number of aryl methyl sites for hydroxylation is 1. The molecule has 7 nitrogen and oxygen atoms in total. The number of methoxy groups -OCH3 is 1. The van der Waals surface area contributed by atoms with Crippen molar-refractivity contribution in [1.29, 1.82) is 0 Å². The first-order chi connectivity index (χ1) is 17.5. The van der Waals surface area contributed by atoms with Crippen LogP contribution in [0.1, 0.15) is 40.9 Å². The summed E-state index contributed by atoms with van der Waals surface area (Å²) in [5.41, 5.74) is 3.57. The molecule has 2 aromatic carbocycles. The maximum absolute atomic E-state index is 13.3. The molecule has 0 radical (unpaired) electrons. The van der Waals surface area contributed by atoms with Gasteiger partial charge in [0.1, 0.15) is 6.04 Å². The van der Waals surface area contributed by atoms with Crippen LogP contribution in [0.4, 0.5) is 0 Å². The van der Waals surface area contributed by atoms with Gasteiger partial charge in [0.15, 0.2) is 0 Å². The molecule has 0 spiro atoms. The van der Waals surface area contributed by atoms with E-state index < -0.39 is 0 Å². The van der Waals surface area contributed by atoms with Crippen molar-refractivity contribution in [3.8, 4) is 0 Å². The fourth-order valence-electron chi connectivity index (χ4n) is 5.75. The lowest BCUT2D eigenvalue weighted by Gasteiger charge is -2.38. The number of esters is 1. The molecule has 0 aliphatic carbocycles. The van der Waals surface area contributed by atoms with Crippen LogP contribution in [0.3, 0.4) is 0 Å². The smallest absolute Gasteiger partial charge is 0.323 e. The molecule has 2 aliphatic heterocycles. The third-order valence-electron chi connectivity index (χ3n) is 7.51. The number of para-hydroxylation sites is 1. The largest absolute Gasteiger partial charge is 0.468 e. The van der Waals surface area contributed by atoms with Crippen LogP contribution in [0.15, 0.2) is 60.7 Å². The van der Waals surface area contributed by atoms with E-state index in [1.54, 1.807) is 0 Å². The second-order valence-electron chi connectivity index (χ2n) is 9.96. The maximum Gasteiger partial charge on any atom is 0.323 e. The third-order valence-corrected chi connectivity index (χ3v) is 7.51.